The standard InChI is InChI=1S/C12H22N2O3/c1-9-7-13-8-10(9)12(16)14(2)6-4-5-11(15)17-3/h9-10,13H,4-8H2,1-3H3. The summed E-state index contributed by atoms with van der Waals surface area (Å²) in [6.45, 7) is 4.37. The van der Waals surface area contributed by atoms with Gasteiger partial charge in [0.2, 0.25) is 5.91 Å². The van der Waals surface area contributed by atoms with Crippen LogP contribution in [-0.4, -0.2) is 50.6 Å². The van der Waals surface area contributed by atoms with Crippen LogP contribution in [0.1, 0.15) is 19.8 Å². The van der Waals surface area contributed by atoms with Gasteiger partial charge in [-0.3, -0.25) is 9.59 Å². The minimum Gasteiger partial charge on any atom is -0.469 e. The summed E-state index contributed by atoms with van der Waals surface area (Å²) in [5.41, 5.74) is 0. The quantitative estimate of drug-likeness (QED) is 0.702. The average molecular weight is 242 g/mol. The summed E-state index contributed by atoms with van der Waals surface area (Å²) < 4.78 is 4.56. The number of amides is 1. The van der Waals surface area contributed by atoms with E-state index in [1.54, 1.807) is 11.9 Å². The average Bonchev–Trinajstić information content (AvgIpc) is 2.74. The SMILES string of the molecule is COC(=O)CCCN(C)C(=O)C1CNCC1C. The molecule has 1 saturated heterocycles. The van der Waals surface area contributed by atoms with Crippen LogP contribution in [0.25, 0.3) is 0 Å². The van der Waals surface area contributed by atoms with Gasteiger partial charge in [-0.25, -0.2) is 0 Å². The van der Waals surface area contributed by atoms with Gasteiger partial charge in [0.15, 0.2) is 0 Å². The third kappa shape index (κ3) is 4.00. The fraction of sp³-hybridized carbons (Fsp3) is 0.833. The van der Waals surface area contributed by atoms with E-state index in [4.69, 9.17) is 0 Å². The molecule has 17 heavy (non-hydrogen) atoms. The summed E-state index contributed by atoms with van der Waals surface area (Å²) >= 11 is 0. The predicted molar refractivity (Wildman–Crippen MR) is 64.4 cm³/mol. The van der Waals surface area contributed by atoms with Gasteiger partial charge in [-0.2, -0.15) is 0 Å². The first-order chi connectivity index (χ1) is 8.06. The maximum Gasteiger partial charge on any atom is 0.305 e. The summed E-state index contributed by atoms with van der Waals surface area (Å²) in [5.74, 6) is 0.429. The summed E-state index contributed by atoms with van der Waals surface area (Å²) in [6, 6.07) is 0. The maximum atomic E-state index is 12.1. The lowest BCUT2D eigenvalue weighted by Gasteiger charge is -2.22. The number of esters is 1. The molecule has 1 amide bonds. The number of methoxy groups -OCH3 is 1. The topological polar surface area (TPSA) is 58.6 Å². The maximum absolute atomic E-state index is 12.1. The number of carbonyl (C=O) groups is 2. The number of ether oxygens (including phenoxy) is 1. The Morgan fingerprint density at radius 3 is 2.65 bits per heavy atom. The van der Waals surface area contributed by atoms with Gasteiger partial charge in [0.25, 0.3) is 0 Å². The zero-order valence-corrected chi connectivity index (χ0v) is 10.9. The van der Waals surface area contributed by atoms with E-state index >= 15 is 0 Å². The molecule has 0 bridgehead atoms. The normalized spacial score (nSPS) is 23.5. The molecule has 1 aliphatic rings. The smallest absolute Gasteiger partial charge is 0.305 e. The Morgan fingerprint density at radius 2 is 2.12 bits per heavy atom. The molecule has 2 unspecified atom stereocenters. The molecule has 1 heterocycles. The van der Waals surface area contributed by atoms with Crippen LogP contribution < -0.4 is 5.32 Å². The van der Waals surface area contributed by atoms with Crippen LogP contribution in [0, 0.1) is 11.8 Å². The van der Waals surface area contributed by atoms with Gasteiger partial charge in [0, 0.05) is 26.6 Å². The molecule has 5 nitrogen and oxygen atoms in total. The van der Waals surface area contributed by atoms with E-state index in [0.717, 1.165) is 13.1 Å². The summed E-state index contributed by atoms with van der Waals surface area (Å²) in [7, 11) is 3.17. The zero-order valence-electron chi connectivity index (χ0n) is 10.9. The molecule has 1 aliphatic heterocycles. The number of carbonyl (C=O) groups excluding carboxylic acids is 2. The Hall–Kier alpha value is -1.10. The van der Waals surface area contributed by atoms with Gasteiger partial charge in [0.1, 0.15) is 0 Å². The van der Waals surface area contributed by atoms with Crippen LogP contribution in [0.15, 0.2) is 0 Å². The van der Waals surface area contributed by atoms with Crippen LogP contribution in [0.4, 0.5) is 0 Å². The first-order valence-electron chi connectivity index (χ1n) is 6.08. The molecule has 0 radical (unpaired) electrons. The molecule has 0 aromatic rings. The van der Waals surface area contributed by atoms with Crippen molar-refractivity contribution in [3.05, 3.63) is 0 Å². The van der Waals surface area contributed by atoms with Gasteiger partial charge < -0.3 is 15.0 Å². The third-order valence-corrected chi connectivity index (χ3v) is 3.31. The second kappa shape index (κ2) is 6.59. The Morgan fingerprint density at radius 1 is 1.41 bits per heavy atom. The second-order valence-electron chi connectivity index (χ2n) is 4.68. The van der Waals surface area contributed by atoms with Gasteiger partial charge in [-0.1, -0.05) is 6.92 Å². The van der Waals surface area contributed by atoms with Gasteiger partial charge >= 0.3 is 5.97 Å². The number of rotatable bonds is 5. The van der Waals surface area contributed by atoms with Crippen LogP contribution in [-0.2, 0) is 14.3 Å². The molecule has 0 aliphatic carbocycles. The minimum absolute atomic E-state index is 0.0816. The van der Waals surface area contributed by atoms with E-state index in [9.17, 15) is 9.59 Å². The van der Waals surface area contributed by atoms with E-state index in [-0.39, 0.29) is 17.8 Å². The highest BCUT2D eigenvalue weighted by atomic mass is 16.5. The fourth-order valence-corrected chi connectivity index (χ4v) is 2.10. The molecule has 0 aromatic carbocycles. The molecule has 1 fully saturated rings. The summed E-state index contributed by atoms with van der Waals surface area (Å²) in [6.07, 6.45) is 1.02. The molecule has 1 rings (SSSR count). The van der Waals surface area contributed by atoms with Crippen LogP contribution in [0.2, 0.25) is 0 Å². The molecule has 0 saturated carbocycles. The molecule has 1 N–H and O–H groups in total. The Kier molecular flexibility index (Phi) is 5.41. The van der Waals surface area contributed by atoms with Crippen molar-refractivity contribution >= 4 is 11.9 Å². The van der Waals surface area contributed by atoms with E-state index in [2.05, 4.69) is 17.0 Å². The van der Waals surface area contributed by atoms with Gasteiger partial charge in [-0.05, 0) is 18.9 Å². The van der Waals surface area contributed by atoms with Crippen molar-refractivity contribution in [3.8, 4) is 0 Å². The molecular formula is C12H22N2O3. The summed E-state index contributed by atoms with van der Waals surface area (Å²) in [5, 5.41) is 3.22. The Balaban J connectivity index is 2.29. The molecule has 0 aromatic heterocycles. The molecular weight excluding hydrogens is 220 g/mol. The van der Waals surface area contributed by atoms with Crippen molar-refractivity contribution in [2.24, 2.45) is 11.8 Å². The van der Waals surface area contributed by atoms with E-state index in [1.807, 2.05) is 0 Å². The van der Waals surface area contributed by atoms with Crippen molar-refractivity contribution in [2.45, 2.75) is 19.8 Å². The predicted octanol–water partition coefficient (Wildman–Crippen LogP) is 0.254. The molecule has 2 atom stereocenters. The van der Waals surface area contributed by atoms with Crippen molar-refractivity contribution in [1.82, 2.24) is 10.2 Å². The van der Waals surface area contributed by atoms with Gasteiger partial charge in [-0.15, -0.1) is 0 Å². The first-order valence-corrected chi connectivity index (χ1v) is 6.08. The number of hydrogen-bond donors (Lipinski definition) is 1. The van der Waals surface area contributed by atoms with Crippen molar-refractivity contribution in [2.75, 3.05) is 33.8 Å². The number of hydrogen-bond acceptors (Lipinski definition) is 4. The molecule has 98 valence electrons. The number of nitrogens with zero attached hydrogens (tertiary/aromatic N) is 1. The highest BCUT2D eigenvalue weighted by Gasteiger charge is 2.31. The number of nitrogens with one attached hydrogen (secondary N) is 1. The van der Waals surface area contributed by atoms with Crippen molar-refractivity contribution < 1.29 is 14.3 Å². The van der Waals surface area contributed by atoms with Gasteiger partial charge in [0.05, 0.1) is 13.0 Å². The van der Waals surface area contributed by atoms with Crippen LogP contribution >= 0.6 is 0 Å². The van der Waals surface area contributed by atoms with E-state index < -0.39 is 0 Å². The lowest BCUT2D eigenvalue weighted by molar-refractivity contribution is -0.141. The monoisotopic (exact) mass is 242 g/mol. The third-order valence-electron chi connectivity index (χ3n) is 3.31. The zero-order chi connectivity index (χ0) is 12.8. The highest BCUT2D eigenvalue weighted by Crippen LogP contribution is 2.18. The molecule has 5 heteroatoms. The largest absolute Gasteiger partial charge is 0.469 e. The Bertz CT molecular complexity index is 281. The second-order valence-corrected chi connectivity index (χ2v) is 4.68. The molecule has 0 spiro atoms. The lowest BCUT2D eigenvalue weighted by atomic mass is 9.97. The van der Waals surface area contributed by atoms with Crippen LogP contribution in [0.3, 0.4) is 0 Å². The van der Waals surface area contributed by atoms with Crippen molar-refractivity contribution in [1.29, 1.82) is 0 Å². The first kappa shape index (κ1) is 14.0. The fourth-order valence-electron chi connectivity index (χ4n) is 2.10. The Labute approximate surface area is 102 Å². The highest BCUT2D eigenvalue weighted by molar-refractivity contribution is 5.79. The van der Waals surface area contributed by atoms with E-state index in [1.165, 1.54) is 7.11 Å². The van der Waals surface area contributed by atoms with Crippen molar-refractivity contribution in [3.63, 3.8) is 0 Å². The minimum atomic E-state index is -0.221. The van der Waals surface area contributed by atoms with E-state index in [0.29, 0.717) is 25.3 Å². The summed E-state index contributed by atoms with van der Waals surface area (Å²) in [4.78, 5) is 24.7. The van der Waals surface area contributed by atoms with Crippen LogP contribution in [0.5, 0.6) is 0 Å². The lowest BCUT2D eigenvalue weighted by Crippen LogP contribution is -2.36.